The van der Waals surface area contributed by atoms with E-state index in [1.54, 1.807) is 0 Å². The summed E-state index contributed by atoms with van der Waals surface area (Å²) >= 11 is 0. The lowest BCUT2D eigenvalue weighted by Gasteiger charge is -2.17. The Morgan fingerprint density at radius 3 is 2.35 bits per heavy atom. The molecule has 0 aliphatic carbocycles. The highest BCUT2D eigenvalue weighted by molar-refractivity contribution is 5.99. The van der Waals surface area contributed by atoms with Crippen LogP contribution in [0.2, 0.25) is 0 Å². The maximum atomic E-state index is 12.0. The summed E-state index contributed by atoms with van der Waals surface area (Å²) in [5.74, 6) is -2.64. The molecule has 0 radical (unpaired) electrons. The second-order valence-corrected chi connectivity index (χ2v) is 4.29. The van der Waals surface area contributed by atoms with Crippen LogP contribution in [0.3, 0.4) is 0 Å². The Morgan fingerprint density at radius 1 is 1.30 bits per heavy atom. The van der Waals surface area contributed by atoms with E-state index in [0.717, 1.165) is 12.1 Å². The molecule has 1 saturated heterocycles. The fourth-order valence-corrected chi connectivity index (χ4v) is 1.95. The highest BCUT2D eigenvalue weighted by Crippen LogP contribution is 2.29. The molecule has 1 fully saturated rings. The molecule has 20 heavy (non-hydrogen) atoms. The van der Waals surface area contributed by atoms with E-state index >= 15 is 0 Å². The van der Waals surface area contributed by atoms with Gasteiger partial charge in [0.2, 0.25) is 5.91 Å². The second-order valence-electron chi connectivity index (χ2n) is 4.29. The smallest absolute Gasteiger partial charge is 0.481 e. The molecule has 0 unspecified atom stereocenters. The number of aliphatic carboxylic acids is 1. The van der Waals surface area contributed by atoms with Crippen molar-refractivity contribution < 1.29 is 32.6 Å². The van der Waals surface area contributed by atoms with E-state index in [-0.39, 0.29) is 18.9 Å². The van der Waals surface area contributed by atoms with Crippen molar-refractivity contribution in [2.24, 2.45) is 5.92 Å². The SMILES string of the molecule is O=C(O)[C@@H]1CC(=O)N(c2ccc(OC(F)(F)F)cc2)C1. The summed E-state index contributed by atoms with van der Waals surface area (Å²) in [5.41, 5.74) is 0.341. The second kappa shape index (κ2) is 5.03. The van der Waals surface area contributed by atoms with Gasteiger partial charge >= 0.3 is 12.3 Å². The van der Waals surface area contributed by atoms with Crippen molar-refractivity contribution >= 4 is 17.6 Å². The van der Waals surface area contributed by atoms with Gasteiger partial charge < -0.3 is 14.7 Å². The molecule has 1 amide bonds. The van der Waals surface area contributed by atoms with Crippen LogP contribution in [0.1, 0.15) is 6.42 Å². The standard InChI is InChI=1S/C12H10F3NO4/c13-12(14,15)20-9-3-1-8(2-4-9)16-6-7(11(18)19)5-10(16)17/h1-4,7H,5-6H2,(H,18,19)/t7-/m1/s1. The summed E-state index contributed by atoms with van der Waals surface area (Å²) < 4.78 is 39.7. The first-order valence-corrected chi connectivity index (χ1v) is 5.65. The number of rotatable bonds is 3. The molecule has 5 nitrogen and oxygen atoms in total. The van der Waals surface area contributed by atoms with Crippen molar-refractivity contribution in [3.8, 4) is 5.75 Å². The van der Waals surface area contributed by atoms with Crippen LogP contribution in [-0.2, 0) is 9.59 Å². The van der Waals surface area contributed by atoms with Gasteiger partial charge in [-0.15, -0.1) is 13.2 Å². The highest BCUT2D eigenvalue weighted by Gasteiger charge is 2.35. The van der Waals surface area contributed by atoms with E-state index in [9.17, 15) is 22.8 Å². The third kappa shape index (κ3) is 3.19. The number of ether oxygens (including phenoxy) is 1. The van der Waals surface area contributed by atoms with Crippen LogP contribution in [0.4, 0.5) is 18.9 Å². The fraction of sp³-hybridized carbons (Fsp3) is 0.333. The van der Waals surface area contributed by atoms with Gasteiger partial charge in [0.1, 0.15) is 5.75 Å². The minimum Gasteiger partial charge on any atom is -0.481 e. The molecule has 1 atom stereocenters. The van der Waals surface area contributed by atoms with Crippen molar-refractivity contribution in [1.82, 2.24) is 0 Å². The fourth-order valence-electron chi connectivity index (χ4n) is 1.95. The van der Waals surface area contributed by atoms with Crippen LogP contribution in [0.15, 0.2) is 24.3 Å². The molecule has 2 rings (SSSR count). The van der Waals surface area contributed by atoms with Gasteiger partial charge in [-0.25, -0.2) is 0 Å². The zero-order valence-electron chi connectivity index (χ0n) is 10.1. The first kappa shape index (κ1) is 14.2. The number of anilines is 1. The van der Waals surface area contributed by atoms with Crippen molar-refractivity contribution in [2.75, 3.05) is 11.4 Å². The minimum atomic E-state index is -4.78. The Kier molecular flexibility index (Phi) is 3.56. The molecule has 1 N–H and O–H groups in total. The largest absolute Gasteiger partial charge is 0.573 e. The number of nitrogens with zero attached hydrogens (tertiary/aromatic N) is 1. The van der Waals surface area contributed by atoms with Gasteiger partial charge in [-0.2, -0.15) is 0 Å². The molecule has 1 heterocycles. The van der Waals surface area contributed by atoms with E-state index in [2.05, 4.69) is 4.74 Å². The molecule has 8 heteroatoms. The number of carboxylic acid groups (broad SMARTS) is 1. The number of carbonyl (C=O) groups is 2. The predicted octanol–water partition coefficient (Wildman–Crippen LogP) is 2.02. The predicted molar refractivity (Wildman–Crippen MR) is 61.2 cm³/mol. The molecule has 1 aromatic rings. The van der Waals surface area contributed by atoms with Crippen LogP contribution >= 0.6 is 0 Å². The van der Waals surface area contributed by atoms with E-state index < -0.39 is 24.0 Å². The van der Waals surface area contributed by atoms with Crippen molar-refractivity contribution in [3.63, 3.8) is 0 Å². The third-order valence-corrected chi connectivity index (χ3v) is 2.86. The number of hydrogen-bond donors (Lipinski definition) is 1. The summed E-state index contributed by atoms with van der Waals surface area (Å²) in [6.07, 6.45) is -4.89. The van der Waals surface area contributed by atoms with Crippen LogP contribution in [0, 0.1) is 5.92 Å². The number of benzene rings is 1. The lowest BCUT2D eigenvalue weighted by atomic mass is 10.1. The van der Waals surface area contributed by atoms with E-state index in [1.165, 1.54) is 17.0 Å². The number of alkyl halides is 3. The summed E-state index contributed by atoms with van der Waals surface area (Å²) in [7, 11) is 0. The summed E-state index contributed by atoms with van der Waals surface area (Å²) in [4.78, 5) is 23.7. The first-order valence-electron chi connectivity index (χ1n) is 5.65. The number of carboxylic acids is 1. The van der Waals surface area contributed by atoms with Gasteiger partial charge in [0.25, 0.3) is 0 Å². The number of amides is 1. The first-order chi connectivity index (χ1) is 9.26. The molecule has 1 aromatic carbocycles. The van der Waals surface area contributed by atoms with Gasteiger partial charge in [0.15, 0.2) is 0 Å². The highest BCUT2D eigenvalue weighted by atomic mass is 19.4. The Morgan fingerprint density at radius 2 is 1.90 bits per heavy atom. The summed E-state index contributed by atoms with van der Waals surface area (Å²) in [5, 5.41) is 8.84. The summed E-state index contributed by atoms with van der Waals surface area (Å²) in [6.45, 7) is 0.00758. The normalized spacial score (nSPS) is 19.2. The maximum absolute atomic E-state index is 12.0. The van der Waals surface area contributed by atoms with E-state index in [0.29, 0.717) is 5.69 Å². The molecule has 0 spiro atoms. The average Bonchev–Trinajstić information content (AvgIpc) is 2.70. The van der Waals surface area contributed by atoms with Gasteiger partial charge in [0, 0.05) is 18.7 Å². The molecule has 1 aliphatic heterocycles. The van der Waals surface area contributed by atoms with E-state index in [4.69, 9.17) is 5.11 Å². The van der Waals surface area contributed by atoms with Gasteiger partial charge in [-0.1, -0.05) is 0 Å². The van der Waals surface area contributed by atoms with Crippen molar-refractivity contribution in [3.05, 3.63) is 24.3 Å². The lowest BCUT2D eigenvalue weighted by molar-refractivity contribution is -0.274. The van der Waals surface area contributed by atoms with E-state index in [1.807, 2.05) is 0 Å². The molecule has 0 bridgehead atoms. The topological polar surface area (TPSA) is 66.8 Å². The van der Waals surface area contributed by atoms with Crippen LogP contribution in [-0.4, -0.2) is 29.9 Å². The molecular formula is C12H10F3NO4. The van der Waals surface area contributed by atoms with Crippen LogP contribution < -0.4 is 9.64 Å². The zero-order chi connectivity index (χ0) is 14.9. The quantitative estimate of drug-likeness (QED) is 0.924. The van der Waals surface area contributed by atoms with Crippen molar-refractivity contribution in [1.29, 1.82) is 0 Å². The Hall–Kier alpha value is -2.25. The number of carbonyl (C=O) groups excluding carboxylic acids is 1. The minimum absolute atomic E-state index is 0.00758. The van der Waals surface area contributed by atoms with Crippen LogP contribution in [0.5, 0.6) is 5.75 Å². The Labute approximate surface area is 111 Å². The Bertz CT molecular complexity index is 526. The molecule has 0 saturated carbocycles. The zero-order valence-corrected chi connectivity index (χ0v) is 10.1. The number of hydrogen-bond acceptors (Lipinski definition) is 3. The van der Waals surface area contributed by atoms with Gasteiger partial charge in [-0.05, 0) is 24.3 Å². The van der Waals surface area contributed by atoms with Gasteiger partial charge in [0.05, 0.1) is 5.92 Å². The van der Waals surface area contributed by atoms with Crippen molar-refractivity contribution in [2.45, 2.75) is 12.8 Å². The monoisotopic (exact) mass is 289 g/mol. The maximum Gasteiger partial charge on any atom is 0.573 e. The van der Waals surface area contributed by atoms with Crippen LogP contribution in [0.25, 0.3) is 0 Å². The molecule has 0 aromatic heterocycles. The molecule has 1 aliphatic rings. The summed E-state index contributed by atoms with van der Waals surface area (Å²) in [6, 6.07) is 4.71. The third-order valence-electron chi connectivity index (χ3n) is 2.86. The lowest BCUT2D eigenvalue weighted by Crippen LogP contribution is -2.25. The average molecular weight is 289 g/mol. The van der Waals surface area contributed by atoms with Gasteiger partial charge in [-0.3, -0.25) is 9.59 Å². The molecule has 108 valence electrons. The Balaban J connectivity index is 2.11. The molecular weight excluding hydrogens is 279 g/mol. The number of halogens is 3.